The molecular formula is C14H18N2O2S2. The van der Waals surface area contributed by atoms with Gasteiger partial charge in [0.25, 0.3) is 0 Å². The zero-order valence-electron chi connectivity index (χ0n) is 11.6. The first-order valence-electron chi connectivity index (χ1n) is 6.54. The fourth-order valence-corrected chi connectivity index (χ4v) is 5.17. The molecule has 0 spiro atoms. The quantitative estimate of drug-likeness (QED) is 0.927. The third-order valence-corrected chi connectivity index (χ3v) is 6.47. The van der Waals surface area contributed by atoms with E-state index in [2.05, 4.69) is 4.72 Å². The second kappa shape index (κ2) is 6.17. The summed E-state index contributed by atoms with van der Waals surface area (Å²) in [7, 11) is -3.56. The Morgan fingerprint density at radius 1 is 1.40 bits per heavy atom. The van der Waals surface area contributed by atoms with Gasteiger partial charge in [0.1, 0.15) is 0 Å². The molecule has 4 nitrogen and oxygen atoms in total. The van der Waals surface area contributed by atoms with Crippen molar-refractivity contribution in [2.24, 2.45) is 0 Å². The van der Waals surface area contributed by atoms with Crippen LogP contribution in [0.5, 0.6) is 0 Å². The van der Waals surface area contributed by atoms with Crippen LogP contribution in [0.25, 0.3) is 0 Å². The molecule has 1 fully saturated rings. The standard InChI is InChI=1S/C14H18N2O2S2/c1-10-6-7-11(9-15)8-14(10)20(17,18)16-12-4-3-5-13(12)19-2/h6-8,12-13,16H,3-5H2,1-2H3. The molecule has 0 radical (unpaired) electrons. The monoisotopic (exact) mass is 310 g/mol. The molecule has 108 valence electrons. The zero-order chi connectivity index (χ0) is 14.8. The Morgan fingerprint density at radius 2 is 2.15 bits per heavy atom. The SMILES string of the molecule is CSC1CCCC1NS(=O)(=O)c1cc(C#N)ccc1C. The molecule has 2 unspecified atom stereocenters. The topological polar surface area (TPSA) is 70.0 Å². The second-order valence-corrected chi connectivity index (χ2v) is 7.78. The summed E-state index contributed by atoms with van der Waals surface area (Å²) in [6, 6.07) is 6.72. The maximum Gasteiger partial charge on any atom is 0.241 e. The van der Waals surface area contributed by atoms with Crippen molar-refractivity contribution in [3.05, 3.63) is 29.3 Å². The molecule has 2 rings (SSSR count). The highest BCUT2D eigenvalue weighted by molar-refractivity contribution is 7.99. The van der Waals surface area contributed by atoms with E-state index in [-0.39, 0.29) is 10.9 Å². The van der Waals surface area contributed by atoms with E-state index in [4.69, 9.17) is 5.26 Å². The van der Waals surface area contributed by atoms with Crippen molar-refractivity contribution in [2.75, 3.05) is 6.26 Å². The molecule has 0 aliphatic heterocycles. The molecule has 6 heteroatoms. The predicted molar refractivity (Wildman–Crippen MR) is 81.2 cm³/mol. The lowest BCUT2D eigenvalue weighted by Crippen LogP contribution is -2.38. The van der Waals surface area contributed by atoms with Gasteiger partial charge in [-0.1, -0.05) is 12.5 Å². The summed E-state index contributed by atoms with van der Waals surface area (Å²) in [5.74, 6) is 0. The minimum absolute atomic E-state index is 0.0138. The van der Waals surface area contributed by atoms with Gasteiger partial charge in [-0.2, -0.15) is 17.0 Å². The average molecular weight is 310 g/mol. The highest BCUT2D eigenvalue weighted by atomic mass is 32.2. The van der Waals surface area contributed by atoms with Crippen molar-refractivity contribution in [2.45, 2.75) is 42.4 Å². The first kappa shape index (κ1) is 15.4. The van der Waals surface area contributed by atoms with Gasteiger partial charge in [0.2, 0.25) is 10.0 Å². The number of sulfonamides is 1. The number of hydrogen-bond acceptors (Lipinski definition) is 4. The number of hydrogen-bond donors (Lipinski definition) is 1. The molecule has 1 aliphatic rings. The van der Waals surface area contributed by atoms with Crippen molar-refractivity contribution >= 4 is 21.8 Å². The lowest BCUT2D eigenvalue weighted by Gasteiger charge is -2.20. The molecule has 0 aromatic heterocycles. The van der Waals surface area contributed by atoms with Crippen LogP contribution < -0.4 is 4.72 Å². The van der Waals surface area contributed by atoms with Crippen LogP contribution in [0.3, 0.4) is 0 Å². The van der Waals surface area contributed by atoms with Crippen molar-refractivity contribution in [3.63, 3.8) is 0 Å². The first-order valence-corrected chi connectivity index (χ1v) is 9.31. The normalized spacial score (nSPS) is 22.6. The summed E-state index contributed by atoms with van der Waals surface area (Å²) in [6.45, 7) is 1.75. The van der Waals surface area contributed by atoms with Gasteiger partial charge < -0.3 is 0 Å². The molecule has 1 N–H and O–H groups in total. The number of aryl methyl sites for hydroxylation is 1. The van der Waals surface area contributed by atoms with E-state index in [1.54, 1.807) is 30.8 Å². The number of benzene rings is 1. The second-order valence-electron chi connectivity index (χ2n) is 5.02. The van der Waals surface area contributed by atoms with E-state index in [9.17, 15) is 8.42 Å². The van der Waals surface area contributed by atoms with E-state index >= 15 is 0 Å². The Morgan fingerprint density at radius 3 is 2.80 bits per heavy atom. The fourth-order valence-electron chi connectivity index (χ4n) is 2.56. The maximum atomic E-state index is 12.5. The summed E-state index contributed by atoms with van der Waals surface area (Å²) in [4.78, 5) is 0.211. The lowest BCUT2D eigenvalue weighted by atomic mass is 10.2. The highest BCUT2D eigenvalue weighted by Crippen LogP contribution is 2.30. The highest BCUT2D eigenvalue weighted by Gasteiger charge is 2.31. The Labute approximate surface area is 124 Å². The van der Waals surface area contributed by atoms with Crippen LogP contribution in [0.1, 0.15) is 30.4 Å². The zero-order valence-corrected chi connectivity index (χ0v) is 13.2. The van der Waals surface area contributed by atoms with Gasteiger partial charge in [-0.15, -0.1) is 0 Å². The third kappa shape index (κ3) is 3.17. The van der Waals surface area contributed by atoms with Crippen LogP contribution in [0.15, 0.2) is 23.1 Å². The van der Waals surface area contributed by atoms with Crippen LogP contribution in [-0.4, -0.2) is 26.0 Å². The molecule has 0 heterocycles. The van der Waals surface area contributed by atoms with E-state index in [1.165, 1.54) is 6.07 Å². The third-order valence-electron chi connectivity index (χ3n) is 3.67. The minimum atomic E-state index is -3.56. The fraction of sp³-hybridized carbons (Fsp3) is 0.500. The van der Waals surface area contributed by atoms with Gasteiger partial charge in [-0.05, 0) is 43.7 Å². The molecule has 1 aromatic rings. The number of nitrogens with zero attached hydrogens (tertiary/aromatic N) is 1. The van der Waals surface area contributed by atoms with Crippen LogP contribution in [0.2, 0.25) is 0 Å². The number of nitriles is 1. The summed E-state index contributed by atoms with van der Waals surface area (Å²) < 4.78 is 27.8. The Kier molecular flexibility index (Phi) is 4.74. The van der Waals surface area contributed by atoms with Crippen LogP contribution in [0.4, 0.5) is 0 Å². The van der Waals surface area contributed by atoms with Crippen LogP contribution >= 0.6 is 11.8 Å². The first-order chi connectivity index (χ1) is 9.47. The summed E-state index contributed by atoms with van der Waals surface area (Å²) in [6.07, 6.45) is 4.99. The van der Waals surface area contributed by atoms with E-state index in [0.29, 0.717) is 16.4 Å². The van der Waals surface area contributed by atoms with E-state index in [1.807, 2.05) is 12.3 Å². The predicted octanol–water partition coefficient (Wildman–Crippen LogP) is 2.43. The Bertz CT molecular complexity index is 635. The molecule has 0 saturated heterocycles. The molecule has 20 heavy (non-hydrogen) atoms. The Hall–Kier alpha value is -1.03. The van der Waals surface area contributed by atoms with Crippen molar-refractivity contribution in [1.29, 1.82) is 5.26 Å². The number of rotatable bonds is 4. The molecule has 0 bridgehead atoms. The molecular weight excluding hydrogens is 292 g/mol. The van der Waals surface area contributed by atoms with Crippen molar-refractivity contribution in [1.82, 2.24) is 4.72 Å². The van der Waals surface area contributed by atoms with E-state index in [0.717, 1.165) is 19.3 Å². The van der Waals surface area contributed by atoms with E-state index < -0.39 is 10.0 Å². The smallest absolute Gasteiger partial charge is 0.207 e. The minimum Gasteiger partial charge on any atom is -0.207 e. The van der Waals surface area contributed by atoms with Gasteiger partial charge in [0, 0.05) is 11.3 Å². The largest absolute Gasteiger partial charge is 0.241 e. The van der Waals surface area contributed by atoms with Crippen LogP contribution in [-0.2, 0) is 10.0 Å². The summed E-state index contributed by atoms with van der Waals surface area (Å²) in [5.41, 5.74) is 1.03. The number of nitrogens with one attached hydrogen (secondary N) is 1. The van der Waals surface area contributed by atoms with Gasteiger partial charge in [0.05, 0.1) is 16.5 Å². The van der Waals surface area contributed by atoms with Crippen molar-refractivity contribution < 1.29 is 8.42 Å². The average Bonchev–Trinajstić information content (AvgIpc) is 2.85. The summed E-state index contributed by atoms with van der Waals surface area (Å²) in [5, 5.41) is 9.25. The van der Waals surface area contributed by atoms with Crippen molar-refractivity contribution in [3.8, 4) is 6.07 Å². The maximum absolute atomic E-state index is 12.5. The van der Waals surface area contributed by atoms with Gasteiger partial charge in [0.15, 0.2) is 0 Å². The molecule has 1 aromatic carbocycles. The Balaban J connectivity index is 2.29. The lowest BCUT2D eigenvalue weighted by molar-refractivity contribution is 0.554. The van der Waals surface area contributed by atoms with Gasteiger partial charge >= 0.3 is 0 Å². The number of thioether (sulfide) groups is 1. The van der Waals surface area contributed by atoms with Gasteiger partial charge in [-0.3, -0.25) is 0 Å². The molecule has 0 amide bonds. The molecule has 1 saturated carbocycles. The molecule has 2 atom stereocenters. The van der Waals surface area contributed by atoms with Gasteiger partial charge in [-0.25, -0.2) is 13.1 Å². The van der Waals surface area contributed by atoms with Crippen LogP contribution in [0, 0.1) is 18.3 Å². The summed E-state index contributed by atoms with van der Waals surface area (Å²) >= 11 is 1.71. The molecule has 1 aliphatic carbocycles.